The molecule has 1 N–H and O–H groups in total. The van der Waals surface area contributed by atoms with E-state index in [-0.39, 0.29) is 30.5 Å². The second-order valence-electron chi connectivity index (χ2n) is 5.43. The largest absolute Gasteiger partial charge is 0.377 e. The monoisotopic (exact) mass is 256 g/mol. The highest BCUT2D eigenvalue weighted by Crippen LogP contribution is 2.11. The van der Waals surface area contributed by atoms with Gasteiger partial charge in [0.2, 0.25) is 11.8 Å². The van der Waals surface area contributed by atoms with Crippen LogP contribution in [0.2, 0.25) is 0 Å². The van der Waals surface area contributed by atoms with Gasteiger partial charge in [-0.05, 0) is 26.2 Å². The molecule has 1 aliphatic rings. The third-order valence-electron chi connectivity index (χ3n) is 2.80. The predicted molar refractivity (Wildman–Crippen MR) is 69.1 cm³/mol. The number of ether oxygens (including phenoxy) is 1. The Labute approximate surface area is 109 Å². The van der Waals surface area contributed by atoms with Crippen LogP contribution < -0.4 is 5.32 Å². The molecule has 104 valence electrons. The van der Waals surface area contributed by atoms with Gasteiger partial charge in [0.1, 0.15) is 6.04 Å². The highest BCUT2D eigenvalue weighted by atomic mass is 16.5. The average Bonchev–Trinajstić information content (AvgIpc) is 2.23. The zero-order chi connectivity index (χ0) is 13.7. The number of rotatable bonds is 6. The quantitative estimate of drug-likeness (QED) is 0.764. The first-order valence-electron chi connectivity index (χ1n) is 6.60. The fourth-order valence-corrected chi connectivity index (χ4v) is 1.99. The first kappa shape index (κ1) is 15.0. The van der Waals surface area contributed by atoms with Crippen molar-refractivity contribution in [2.75, 3.05) is 19.7 Å². The first-order valence-corrected chi connectivity index (χ1v) is 6.60. The van der Waals surface area contributed by atoms with Gasteiger partial charge >= 0.3 is 0 Å². The van der Waals surface area contributed by atoms with E-state index in [0.717, 1.165) is 0 Å². The van der Waals surface area contributed by atoms with Crippen LogP contribution in [0.5, 0.6) is 0 Å². The number of nitrogens with one attached hydrogen (secondary N) is 1. The van der Waals surface area contributed by atoms with Crippen LogP contribution in [0.25, 0.3) is 0 Å². The maximum atomic E-state index is 12.1. The Hall–Kier alpha value is -1.10. The molecule has 0 aromatic carbocycles. The van der Waals surface area contributed by atoms with Crippen LogP contribution in [-0.2, 0) is 14.3 Å². The molecule has 1 fully saturated rings. The van der Waals surface area contributed by atoms with E-state index in [1.54, 1.807) is 4.90 Å². The molecular formula is C13H24N2O3. The molecule has 0 aromatic heterocycles. The lowest BCUT2D eigenvalue weighted by Crippen LogP contribution is -2.58. The van der Waals surface area contributed by atoms with Gasteiger partial charge in [0, 0.05) is 6.54 Å². The van der Waals surface area contributed by atoms with Crippen LogP contribution in [0.15, 0.2) is 0 Å². The maximum Gasteiger partial charge on any atom is 0.245 e. The number of carbonyl (C=O) groups excluding carboxylic acids is 2. The van der Waals surface area contributed by atoms with E-state index in [4.69, 9.17) is 4.74 Å². The minimum atomic E-state index is -0.370. The molecule has 1 aliphatic heterocycles. The summed E-state index contributed by atoms with van der Waals surface area (Å²) in [6, 6.07) is -0.370. The smallest absolute Gasteiger partial charge is 0.245 e. The van der Waals surface area contributed by atoms with Crippen molar-refractivity contribution < 1.29 is 14.3 Å². The van der Waals surface area contributed by atoms with Crippen molar-refractivity contribution in [1.29, 1.82) is 0 Å². The summed E-state index contributed by atoms with van der Waals surface area (Å²) in [5.41, 5.74) is 0. The molecule has 0 aromatic rings. The van der Waals surface area contributed by atoms with E-state index in [1.165, 1.54) is 0 Å². The number of carbonyl (C=O) groups is 2. The molecule has 1 rings (SSSR count). The SMILES string of the molecule is CC(C)CC1NC(=O)CN(CCOC(C)C)C1=O. The number of piperazine rings is 1. The zero-order valence-electron chi connectivity index (χ0n) is 11.7. The molecule has 1 heterocycles. The standard InChI is InChI=1S/C13H24N2O3/c1-9(2)7-11-13(17)15(8-12(16)14-11)5-6-18-10(3)4/h9-11H,5-8H2,1-4H3,(H,14,16). The fraction of sp³-hybridized carbons (Fsp3) is 0.846. The minimum Gasteiger partial charge on any atom is -0.377 e. The summed E-state index contributed by atoms with van der Waals surface area (Å²) in [6.07, 6.45) is 0.830. The molecular weight excluding hydrogens is 232 g/mol. The summed E-state index contributed by atoms with van der Waals surface area (Å²) in [5, 5.41) is 2.76. The van der Waals surface area contributed by atoms with E-state index in [1.807, 2.05) is 27.7 Å². The second kappa shape index (κ2) is 6.73. The lowest BCUT2D eigenvalue weighted by molar-refractivity contribution is -0.145. The Morgan fingerprint density at radius 2 is 2.00 bits per heavy atom. The number of hydrogen-bond acceptors (Lipinski definition) is 3. The van der Waals surface area contributed by atoms with Crippen LogP contribution in [0, 0.1) is 5.92 Å². The topological polar surface area (TPSA) is 58.6 Å². The van der Waals surface area contributed by atoms with Crippen LogP contribution in [0.4, 0.5) is 0 Å². The van der Waals surface area contributed by atoms with Crippen molar-refractivity contribution in [3.05, 3.63) is 0 Å². The van der Waals surface area contributed by atoms with E-state index < -0.39 is 0 Å². The molecule has 0 aliphatic carbocycles. The van der Waals surface area contributed by atoms with Gasteiger partial charge in [-0.25, -0.2) is 0 Å². The molecule has 1 unspecified atom stereocenters. The Morgan fingerprint density at radius 1 is 1.33 bits per heavy atom. The summed E-state index contributed by atoms with van der Waals surface area (Å²) < 4.78 is 5.42. The number of nitrogens with zero attached hydrogens (tertiary/aromatic N) is 1. The molecule has 1 saturated heterocycles. The van der Waals surface area contributed by atoms with E-state index >= 15 is 0 Å². The lowest BCUT2D eigenvalue weighted by Gasteiger charge is -2.33. The van der Waals surface area contributed by atoms with Crippen LogP contribution >= 0.6 is 0 Å². The van der Waals surface area contributed by atoms with E-state index in [9.17, 15) is 9.59 Å². The first-order chi connectivity index (χ1) is 8.40. The van der Waals surface area contributed by atoms with Gasteiger partial charge in [0.15, 0.2) is 0 Å². The van der Waals surface area contributed by atoms with Crippen molar-refractivity contribution in [2.24, 2.45) is 5.92 Å². The third-order valence-corrected chi connectivity index (χ3v) is 2.80. The lowest BCUT2D eigenvalue weighted by atomic mass is 10.0. The molecule has 0 radical (unpaired) electrons. The molecule has 1 atom stereocenters. The van der Waals surface area contributed by atoms with Crippen molar-refractivity contribution in [2.45, 2.75) is 46.3 Å². The summed E-state index contributed by atoms with van der Waals surface area (Å²) in [7, 11) is 0. The van der Waals surface area contributed by atoms with Crippen molar-refractivity contribution >= 4 is 11.8 Å². The van der Waals surface area contributed by atoms with Gasteiger partial charge in [0.25, 0.3) is 0 Å². The van der Waals surface area contributed by atoms with Crippen molar-refractivity contribution in [3.63, 3.8) is 0 Å². The third kappa shape index (κ3) is 4.64. The van der Waals surface area contributed by atoms with Gasteiger partial charge in [-0.15, -0.1) is 0 Å². The van der Waals surface area contributed by atoms with Crippen molar-refractivity contribution in [3.8, 4) is 0 Å². The molecule has 0 saturated carbocycles. The van der Waals surface area contributed by atoms with Crippen molar-refractivity contribution in [1.82, 2.24) is 10.2 Å². The summed E-state index contributed by atoms with van der Waals surface area (Å²) in [4.78, 5) is 25.3. The van der Waals surface area contributed by atoms with Gasteiger partial charge in [-0.1, -0.05) is 13.8 Å². The molecule has 5 nitrogen and oxygen atoms in total. The molecule has 2 amide bonds. The molecule has 5 heteroatoms. The second-order valence-corrected chi connectivity index (χ2v) is 5.43. The summed E-state index contributed by atoms with van der Waals surface area (Å²) >= 11 is 0. The molecule has 0 spiro atoms. The fourth-order valence-electron chi connectivity index (χ4n) is 1.99. The van der Waals surface area contributed by atoms with Gasteiger partial charge in [-0.2, -0.15) is 0 Å². The van der Waals surface area contributed by atoms with Gasteiger partial charge in [-0.3, -0.25) is 9.59 Å². The average molecular weight is 256 g/mol. The minimum absolute atomic E-state index is 0.00987. The van der Waals surface area contributed by atoms with E-state index in [0.29, 0.717) is 25.5 Å². The highest BCUT2D eigenvalue weighted by Gasteiger charge is 2.32. The normalized spacial score (nSPS) is 20.8. The van der Waals surface area contributed by atoms with E-state index in [2.05, 4.69) is 5.32 Å². The van der Waals surface area contributed by atoms with Gasteiger partial charge in [0.05, 0.1) is 19.3 Å². The molecule has 18 heavy (non-hydrogen) atoms. The highest BCUT2D eigenvalue weighted by molar-refractivity contribution is 5.94. The summed E-state index contributed by atoms with van der Waals surface area (Å²) in [6.45, 7) is 9.10. The Morgan fingerprint density at radius 3 is 2.56 bits per heavy atom. The zero-order valence-corrected chi connectivity index (χ0v) is 11.7. The van der Waals surface area contributed by atoms with Crippen LogP contribution in [-0.4, -0.2) is 48.6 Å². The van der Waals surface area contributed by atoms with Gasteiger partial charge < -0.3 is 15.0 Å². The summed E-state index contributed by atoms with van der Waals surface area (Å²) in [5.74, 6) is 0.312. The maximum absolute atomic E-state index is 12.1. The van der Waals surface area contributed by atoms with Crippen LogP contribution in [0.3, 0.4) is 0 Å². The Bertz CT molecular complexity index is 303. The predicted octanol–water partition coefficient (Wildman–Crippen LogP) is 0.784. The number of amides is 2. The number of hydrogen-bond donors (Lipinski definition) is 1. The van der Waals surface area contributed by atoms with Crippen LogP contribution in [0.1, 0.15) is 34.1 Å². The Kier molecular flexibility index (Phi) is 5.59. The molecule has 0 bridgehead atoms. The Balaban J connectivity index is 2.51.